The number of allylic oxidation sites excluding steroid dienone is 3. The number of Topliss-reactive ketones (excluding diaryl/α,β-unsaturated/α-hetero) is 1. The van der Waals surface area contributed by atoms with Crippen molar-refractivity contribution >= 4 is 133 Å². The van der Waals surface area contributed by atoms with Crippen LogP contribution in [0.1, 0.15) is 37.8 Å². The van der Waals surface area contributed by atoms with Crippen molar-refractivity contribution in [1.82, 2.24) is 27.8 Å². The van der Waals surface area contributed by atoms with Crippen molar-refractivity contribution < 1.29 is 9.53 Å². The number of rotatable bonds is 6. The van der Waals surface area contributed by atoms with Crippen LogP contribution in [0.25, 0.3) is 143 Å². The Balaban J connectivity index is 0.826. The normalized spacial score (nSPS) is 16.1. The third kappa shape index (κ3) is 8.43. The fourth-order valence-electron chi connectivity index (χ4n) is 18.9. The molecule has 0 saturated heterocycles. The van der Waals surface area contributed by atoms with Crippen molar-refractivity contribution in [2.24, 2.45) is 5.92 Å². The SMILES string of the molecule is O=C1C2=C(C=C3C(=c4cc5c(cc4-c4ccc(-n6c7ccccc7c7cc(-n8c9ccccc9c9ccccc98)ccc76)cc4-c4cc(-n6c7ccccc7c7cc(-n8c9ccccc9c9ccccc98)ccc76)cnc43)=[N+](c3ccccc3)c3ccccc3N5c3ccccc3)C2)OC2CCCCC12. The van der Waals surface area contributed by atoms with Crippen LogP contribution in [-0.4, -0.2) is 35.1 Å². The summed E-state index contributed by atoms with van der Waals surface area (Å²) in [6.45, 7) is 0. The molecule has 23 rings (SSSR count). The lowest BCUT2D eigenvalue weighted by Crippen LogP contribution is -2.40. The first-order chi connectivity index (χ1) is 52.0. The average Bonchev–Trinajstić information content (AvgIpc) is 1.23. The number of carbonyl (C=O) groups excluding carboxylic acids is 1. The molecule has 18 aromatic rings. The predicted molar refractivity (Wildman–Crippen MR) is 428 cm³/mol. The van der Waals surface area contributed by atoms with Crippen LogP contribution in [0.4, 0.5) is 28.4 Å². The summed E-state index contributed by atoms with van der Waals surface area (Å²) in [5, 5.41) is 11.6. The zero-order valence-corrected chi connectivity index (χ0v) is 57.2. The molecule has 7 heterocycles. The Morgan fingerprint density at radius 2 is 0.848 bits per heavy atom. The first-order valence-corrected chi connectivity index (χ1v) is 36.7. The number of hydrogen-bond donors (Lipinski definition) is 0. The number of carbonyl (C=O) groups is 1. The van der Waals surface area contributed by atoms with E-state index in [0.29, 0.717) is 12.2 Å². The fourth-order valence-corrected chi connectivity index (χ4v) is 18.9. The number of hydrogen-bond acceptors (Lipinski definition) is 4. The van der Waals surface area contributed by atoms with E-state index in [4.69, 9.17) is 9.72 Å². The Bertz CT molecular complexity index is 6980. The van der Waals surface area contributed by atoms with Gasteiger partial charge in [0, 0.05) is 113 Å². The summed E-state index contributed by atoms with van der Waals surface area (Å²) in [7, 11) is 0. The Kier molecular flexibility index (Phi) is 12.4. The van der Waals surface area contributed by atoms with Crippen molar-refractivity contribution in [2.75, 3.05) is 4.90 Å². The molecule has 13 aromatic carbocycles. The van der Waals surface area contributed by atoms with Gasteiger partial charge in [0.1, 0.15) is 23.2 Å². The molecule has 9 nitrogen and oxygen atoms in total. The molecule has 5 aliphatic rings. The van der Waals surface area contributed by atoms with Gasteiger partial charge in [-0.1, -0.05) is 170 Å². The highest BCUT2D eigenvalue weighted by Gasteiger charge is 2.43. The van der Waals surface area contributed by atoms with Gasteiger partial charge in [-0.15, -0.1) is 4.58 Å². The number of pyridine rings is 1. The number of ketones is 1. The van der Waals surface area contributed by atoms with Gasteiger partial charge in [-0.3, -0.25) is 14.7 Å². The van der Waals surface area contributed by atoms with Gasteiger partial charge in [0.2, 0.25) is 16.7 Å². The summed E-state index contributed by atoms with van der Waals surface area (Å²) < 4.78 is 19.4. The minimum atomic E-state index is -0.174. The lowest BCUT2D eigenvalue weighted by atomic mass is 9.74. The summed E-state index contributed by atoms with van der Waals surface area (Å²) in [4.78, 5) is 23.8. The molecule has 0 spiro atoms. The van der Waals surface area contributed by atoms with Crippen LogP contribution in [0.5, 0.6) is 0 Å². The lowest BCUT2D eigenvalue weighted by Gasteiger charge is -2.38. The van der Waals surface area contributed by atoms with E-state index >= 15 is 4.79 Å². The minimum absolute atomic E-state index is 0.173. The van der Waals surface area contributed by atoms with Crippen LogP contribution in [0.3, 0.4) is 0 Å². The number of anilines is 3. The molecule has 105 heavy (non-hydrogen) atoms. The quantitative estimate of drug-likeness (QED) is 0.156. The highest BCUT2D eigenvalue weighted by atomic mass is 16.5. The standard InChI is InChI=1S/C96H64N7O2/c104-96-71-33-13-22-42-93(71)105-94-56-79-73(53-80(94)96)75-55-92-91(98(58-23-3-1-4-24-58)89-40-20-21-41-90(89)99(92)59-25-5-2-6-26-59)54-74(75)64-46-43-60(102-85-38-18-11-31-69(85)76-50-61(44-47-87(76)102)100-81-34-14-7-27-65(81)66-28-8-15-35-82(66)100)49-72(64)78-52-63(57-97-95(78)79)103-86-39-19-12-32-70(86)77-51-62(45-48-88(77)103)101-83-36-16-9-29-67(83)68-30-10-17-37-84(68)101/h1-12,14-21,23-32,34-41,43-52,54-57,71,93H,13,22,33,42,53H2/q+1. The summed E-state index contributed by atoms with van der Waals surface area (Å²) in [5.74, 6) is 0.719. The number of benzene rings is 13. The average molecular weight is 1350 g/mol. The summed E-state index contributed by atoms with van der Waals surface area (Å²) in [6, 6.07) is 111. The molecule has 0 N–H and O–H groups in total. The van der Waals surface area contributed by atoms with Gasteiger partial charge in [-0.05, 0) is 168 Å². The van der Waals surface area contributed by atoms with E-state index in [-0.39, 0.29) is 17.8 Å². The van der Waals surface area contributed by atoms with Crippen LogP contribution >= 0.6 is 0 Å². The first kappa shape index (κ1) is 58.3. The van der Waals surface area contributed by atoms with Crippen LogP contribution in [0.15, 0.2) is 327 Å². The van der Waals surface area contributed by atoms with E-state index in [2.05, 4.69) is 343 Å². The number of aromatic nitrogens is 5. The maximum atomic E-state index is 15.5. The van der Waals surface area contributed by atoms with Crippen LogP contribution in [-0.2, 0) is 9.53 Å². The third-order valence-electron chi connectivity index (χ3n) is 23.4. The Morgan fingerprint density at radius 1 is 0.371 bits per heavy atom. The maximum absolute atomic E-state index is 15.5. The van der Waals surface area contributed by atoms with Gasteiger partial charge in [0.15, 0.2) is 5.78 Å². The summed E-state index contributed by atoms with van der Waals surface area (Å²) in [6.07, 6.45) is 8.25. The second-order valence-electron chi connectivity index (χ2n) is 28.9. The van der Waals surface area contributed by atoms with Crippen molar-refractivity contribution in [3.63, 3.8) is 0 Å². The van der Waals surface area contributed by atoms with E-state index in [1.165, 1.54) is 43.6 Å². The van der Waals surface area contributed by atoms with E-state index < -0.39 is 0 Å². The Hall–Kier alpha value is -13.4. The highest BCUT2D eigenvalue weighted by Crippen LogP contribution is 2.51. The summed E-state index contributed by atoms with van der Waals surface area (Å²) >= 11 is 0. The third-order valence-corrected chi connectivity index (χ3v) is 23.4. The van der Waals surface area contributed by atoms with Crippen LogP contribution < -0.4 is 20.1 Å². The Labute approximate surface area is 603 Å². The van der Waals surface area contributed by atoms with Crippen molar-refractivity contribution in [1.29, 1.82) is 0 Å². The van der Waals surface area contributed by atoms with Gasteiger partial charge in [-0.2, -0.15) is 0 Å². The number of para-hydroxylation sites is 10. The fraction of sp³-hybridized carbons (Fsp3) is 0.0729. The summed E-state index contributed by atoms with van der Waals surface area (Å²) in [5.41, 5.74) is 26.1. The van der Waals surface area contributed by atoms with Gasteiger partial charge in [0.25, 0.3) is 0 Å². The second kappa shape index (κ2) is 22.3. The van der Waals surface area contributed by atoms with Crippen LogP contribution in [0.2, 0.25) is 0 Å². The molecule has 2 aliphatic heterocycles. The van der Waals surface area contributed by atoms with Gasteiger partial charge in [-0.25, -0.2) is 0 Å². The molecule has 9 heteroatoms. The van der Waals surface area contributed by atoms with E-state index in [1.54, 1.807) is 0 Å². The van der Waals surface area contributed by atoms with Crippen molar-refractivity contribution in [3.8, 4) is 45.0 Å². The van der Waals surface area contributed by atoms with Crippen molar-refractivity contribution in [2.45, 2.75) is 38.2 Å². The molecule has 2 atom stereocenters. The monoisotopic (exact) mass is 1350 g/mol. The minimum Gasteiger partial charge on any atom is -0.489 e. The molecule has 2 unspecified atom stereocenters. The number of ether oxygens (including phenoxy) is 1. The second-order valence-corrected chi connectivity index (χ2v) is 28.9. The zero-order chi connectivity index (χ0) is 68.7. The highest BCUT2D eigenvalue weighted by molar-refractivity contribution is 6.17. The molecular weight excluding hydrogens is 1280 g/mol. The van der Waals surface area contributed by atoms with Gasteiger partial charge < -0.3 is 23.0 Å². The molecule has 1 saturated carbocycles. The lowest BCUT2D eigenvalue weighted by molar-refractivity contribution is -0.127. The molecular formula is C96H64N7O2+. The molecule has 0 bridgehead atoms. The molecule has 0 amide bonds. The van der Waals surface area contributed by atoms with Crippen LogP contribution in [0, 0.1) is 5.92 Å². The Morgan fingerprint density at radius 3 is 1.44 bits per heavy atom. The molecule has 3 aliphatic carbocycles. The largest absolute Gasteiger partial charge is 0.489 e. The topological polar surface area (TPSA) is 65.2 Å². The number of fused-ring (bicyclic) bond motifs is 22. The molecule has 0 radical (unpaired) electrons. The first-order valence-electron chi connectivity index (χ1n) is 36.7. The van der Waals surface area contributed by atoms with E-state index in [9.17, 15) is 0 Å². The zero-order valence-electron chi connectivity index (χ0n) is 57.2. The smallest absolute Gasteiger partial charge is 0.236 e. The van der Waals surface area contributed by atoms with Gasteiger partial charge in [0.05, 0.1) is 67.6 Å². The molecule has 1 fully saturated rings. The maximum Gasteiger partial charge on any atom is 0.236 e. The van der Waals surface area contributed by atoms with E-state index in [0.717, 1.165) is 176 Å². The molecule has 494 valence electrons. The molecule has 5 aromatic heterocycles. The predicted octanol–water partition coefficient (Wildman–Crippen LogP) is 22.1. The van der Waals surface area contributed by atoms with Gasteiger partial charge >= 0.3 is 0 Å². The van der Waals surface area contributed by atoms with Crippen molar-refractivity contribution in [3.05, 3.63) is 343 Å². The number of nitrogens with zero attached hydrogens (tertiary/aromatic N) is 7. The van der Waals surface area contributed by atoms with E-state index in [1.807, 2.05) is 0 Å².